The van der Waals surface area contributed by atoms with Crippen molar-refractivity contribution in [1.82, 2.24) is 4.90 Å². The first-order valence-corrected chi connectivity index (χ1v) is 6.60. The van der Waals surface area contributed by atoms with Crippen LogP contribution in [-0.2, 0) is 4.79 Å². The normalized spacial score (nSPS) is 25.0. The lowest BCUT2D eigenvalue weighted by molar-refractivity contribution is -0.139. The maximum absolute atomic E-state index is 11.0. The van der Waals surface area contributed by atoms with Crippen LogP contribution in [-0.4, -0.2) is 29.1 Å². The molecule has 1 aromatic carbocycles. The average Bonchev–Trinajstić information content (AvgIpc) is 2.30. The van der Waals surface area contributed by atoms with Gasteiger partial charge in [-0.05, 0) is 37.8 Å². The first kappa shape index (κ1) is 13.1. The van der Waals surface area contributed by atoms with Crippen LogP contribution in [0.1, 0.15) is 36.9 Å². The monoisotopic (exact) mass is 247 g/mol. The number of benzene rings is 1. The highest BCUT2D eigenvalue weighted by Crippen LogP contribution is 2.35. The molecule has 98 valence electrons. The molecule has 2 atom stereocenters. The van der Waals surface area contributed by atoms with Gasteiger partial charge in [0.15, 0.2) is 0 Å². The fourth-order valence-corrected chi connectivity index (χ4v) is 2.93. The fourth-order valence-electron chi connectivity index (χ4n) is 2.93. The van der Waals surface area contributed by atoms with E-state index in [1.165, 1.54) is 17.5 Å². The maximum Gasteiger partial charge on any atom is 0.317 e. The lowest BCUT2D eigenvalue weighted by Crippen LogP contribution is -2.40. The zero-order chi connectivity index (χ0) is 13.1. The number of carbonyl (C=O) groups is 1. The summed E-state index contributed by atoms with van der Waals surface area (Å²) in [6, 6.07) is 8.73. The van der Waals surface area contributed by atoms with Gasteiger partial charge in [0.1, 0.15) is 0 Å². The first-order chi connectivity index (χ1) is 8.58. The Labute approximate surface area is 108 Å². The van der Waals surface area contributed by atoms with E-state index < -0.39 is 5.97 Å². The van der Waals surface area contributed by atoms with Crippen LogP contribution in [0.5, 0.6) is 0 Å². The van der Waals surface area contributed by atoms with Gasteiger partial charge >= 0.3 is 5.97 Å². The Bertz CT molecular complexity index is 413. The highest BCUT2D eigenvalue weighted by atomic mass is 16.4. The van der Waals surface area contributed by atoms with Crippen LogP contribution >= 0.6 is 0 Å². The van der Waals surface area contributed by atoms with Crippen LogP contribution in [0.25, 0.3) is 0 Å². The number of nitrogens with zero attached hydrogens (tertiary/aromatic N) is 1. The van der Waals surface area contributed by atoms with E-state index >= 15 is 0 Å². The second-order valence-electron chi connectivity index (χ2n) is 5.34. The van der Waals surface area contributed by atoms with Crippen molar-refractivity contribution in [2.75, 3.05) is 13.1 Å². The van der Waals surface area contributed by atoms with Crippen molar-refractivity contribution in [3.8, 4) is 0 Å². The topological polar surface area (TPSA) is 40.5 Å². The van der Waals surface area contributed by atoms with Gasteiger partial charge in [-0.25, -0.2) is 0 Å². The minimum absolute atomic E-state index is 0.142. The van der Waals surface area contributed by atoms with Gasteiger partial charge in [0.25, 0.3) is 0 Å². The molecular weight excluding hydrogens is 226 g/mol. The van der Waals surface area contributed by atoms with Crippen LogP contribution < -0.4 is 0 Å². The first-order valence-electron chi connectivity index (χ1n) is 6.60. The summed E-state index contributed by atoms with van der Waals surface area (Å²) in [5.41, 5.74) is 2.49. The van der Waals surface area contributed by atoms with Crippen LogP contribution in [0.3, 0.4) is 0 Å². The lowest BCUT2D eigenvalue weighted by atomic mass is 9.86. The van der Waals surface area contributed by atoms with E-state index in [1.54, 1.807) is 0 Å². The summed E-state index contributed by atoms with van der Waals surface area (Å²) in [7, 11) is 0. The van der Waals surface area contributed by atoms with Crippen molar-refractivity contribution < 1.29 is 9.90 Å². The Morgan fingerprint density at radius 2 is 2.06 bits per heavy atom. The highest BCUT2D eigenvalue weighted by Gasteiger charge is 2.30. The second kappa shape index (κ2) is 5.53. The largest absolute Gasteiger partial charge is 0.480 e. The van der Waals surface area contributed by atoms with E-state index in [-0.39, 0.29) is 12.6 Å². The summed E-state index contributed by atoms with van der Waals surface area (Å²) < 4.78 is 0. The van der Waals surface area contributed by atoms with E-state index in [9.17, 15) is 4.79 Å². The minimum Gasteiger partial charge on any atom is -0.480 e. The van der Waals surface area contributed by atoms with Crippen molar-refractivity contribution >= 4 is 5.97 Å². The number of aryl methyl sites for hydroxylation is 1. The highest BCUT2D eigenvalue weighted by molar-refractivity contribution is 5.69. The molecule has 0 radical (unpaired) electrons. The molecule has 0 amide bonds. The van der Waals surface area contributed by atoms with E-state index in [0.29, 0.717) is 5.92 Å². The number of piperidine rings is 1. The van der Waals surface area contributed by atoms with Gasteiger partial charge < -0.3 is 5.11 Å². The van der Waals surface area contributed by atoms with Crippen LogP contribution in [0.15, 0.2) is 24.3 Å². The molecule has 1 fully saturated rings. The molecule has 0 saturated carbocycles. The molecule has 1 aromatic rings. The van der Waals surface area contributed by atoms with E-state index in [4.69, 9.17) is 5.11 Å². The van der Waals surface area contributed by atoms with Gasteiger partial charge in [-0.1, -0.05) is 36.8 Å². The summed E-state index contributed by atoms with van der Waals surface area (Å²) in [6.45, 7) is 5.32. The van der Waals surface area contributed by atoms with Gasteiger partial charge in [0.05, 0.1) is 6.54 Å². The van der Waals surface area contributed by atoms with E-state index in [1.807, 2.05) is 0 Å². The minimum atomic E-state index is -0.735. The molecule has 1 aliphatic rings. The average molecular weight is 247 g/mol. The zero-order valence-electron chi connectivity index (χ0n) is 11.1. The van der Waals surface area contributed by atoms with Gasteiger partial charge in [-0.15, -0.1) is 0 Å². The molecule has 1 heterocycles. The Kier molecular flexibility index (Phi) is 4.02. The SMILES string of the molecule is Cc1ccc([C@@H]2[C@H](C)CCCN2CC(=O)O)cc1. The molecule has 0 aromatic heterocycles. The van der Waals surface area contributed by atoms with E-state index in [0.717, 1.165) is 13.0 Å². The summed E-state index contributed by atoms with van der Waals surface area (Å²) >= 11 is 0. The molecule has 18 heavy (non-hydrogen) atoms. The van der Waals surface area contributed by atoms with Crippen LogP contribution in [0, 0.1) is 12.8 Å². The van der Waals surface area contributed by atoms with Crippen molar-refractivity contribution in [3.63, 3.8) is 0 Å². The molecule has 0 aliphatic carbocycles. The molecule has 0 spiro atoms. The predicted octanol–water partition coefficient (Wildman–Crippen LogP) is 2.85. The third-order valence-corrected chi connectivity index (χ3v) is 3.79. The number of carboxylic acids is 1. The number of likely N-dealkylation sites (tertiary alicyclic amines) is 1. The lowest BCUT2D eigenvalue weighted by Gasteiger charge is -2.39. The quantitative estimate of drug-likeness (QED) is 0.893. The predicted molar refractivity (Wildman–Crippen MR) is 71.5 cm³/mol. The number of hydrogen-bond acceptors (Lipinski definition) is 2. The number of carboxylic acid groups (broad SMARTS) is 1. The summed E-state index contributed by atoms with van der Waals surface area (Å²) in [4.78, 5) is 13.1. The molecular formula is C15H21NO2. The Morgan fingerprint density at radius 1 is 1.39 bits per heavy atom. The number of rotatable bonds is 3. The number of hydrogen-bond donors (Lipinski definition) is 1. The van der Waals surface area contributed by atoms with Gasteiger partial charge in [0, 0.05) is 6.04 Å². The molecule has 1 N–H and O–H groups in total. The zero-order valence-corrected chi connectivity index (χ0v) is 11.1. The third-order valence-electron chi connectivity index (χ3n) is 3.79. The molecule has 1 aliphatic heterocycles. The smallest absolute Gasteiger partial charge is 0.317 e. The van der Waals surface area contributed by atoms with Crippen molar-refractivity contribution in [1.29, 1.82) is 0 Å². The molecule has 3 heteroatoms. The van der Waals surface area contributed by atoms with Crippen molar-refractivity contribution in [2.45, 2.75) is 32.7 Å². The Morgan fingerprint density at radius 3 is 2.67 bits per heavy atom. The van der Waals surface area contributed by atoms with Crippen molar-refractivity contribution in [2.24, 2.45) is 5.92 Å². The molecule has 0 unspecified atom stereocenters. The molecule has 1 saturated heterocycles. The van der Waals surface area contributed by atoms with Crippen molar-refractivity contribution in [3.05, 3.63) is 35.4 Å². The Balaban J connectivity index is 2.23. The van der Waals surface area contributed by atoms with E-state index in [2.05, 4.69) is 43.0 Å². The summed E-state index contributed by atoms with van der Waals surface area (Å²) in [6.07, 6.45) is 2.27. The second-order valence-corrected chi connectivity index (χ2v) is 5.34. The van der Waals surface area contributed by atoms with Gasteiger partial charge in [-0.2, -0.15) is 0 Å². The molecule has 3 nitrogen and oxygen atoms in total. The molecule has 0 bridgehead atoms. The molecule has 2 rings (SSSR count). The maximum atomic E-state index is 11.0. The van der Waals surface area contributed by atoms with Gasteiger partial charge in [-0.3, -0.25) is 9.69 Å². The fraction of sp³-hybridized carbons (Fsp3) is 0.533. The third kappa shape index (κ3) is 2.91. The van der Waals surface area contributed by atoms with Crippen LogP contribution in [0.4, 0.5) is 0 Å². The van der Waals surface area contributed by atoms with Gasteiger partial charge in [0.2, 0.25) is 0 Å². The summed E-state index contributed by atoms with van der Waals surface area (Å²) in [5, 5.41) is 9.02. The van der Waals surface area contributed by atoms with Crippen LogP contribution in [0.2, 0.25) is 0 Å². The standard InChI is InChI=1S/C15H21NO2/c1-11-5-7-13(8-6-11)15-12(2)4-3-9-16(15)10-14(17)18/h5-8,12,15H,3-4,9-10H2,1-2H3,(H,17,18)/t12-,15+/m1/s1. The number of aliphatic carboxylic acids is 1. The Hall–Kier alpha value is -1.35. The summed E-state index contributed by atoms with van der Waals surface area (Å²) in [5.74, 6) is -0.220.